The van der Waals surface area contributed by atoms with Crippen LogP contribution in [-0.4, -0.2) is 30.3 Å². The fourth-order valence-electron chi connectivity index (χ4n) is 3.57. The van der Waals surface area contributed by atoms with Crippen molar-refractivity contribution in [3.05, 3.63) is 35.4 Å². The number of esters is 1. The van der Waals surface area contributed by atoms with E-state index in [1.165, 1.54) is 12.1 Å². The van der Waals surface area contributed by atoms with E-state index in [0.717, 1.165) is 24.8 Å². The second kappa shape index (κ2) is 8.00. The summed E-state index contributed by atoms with van der Waals surface area (Å²) in [4.78, 5) is 23.3. The summed E-state index contributed by atoms with van der Waals surface area (Å²) in [6.45, 7) is 6.72. The maximum Gasteiger partial charge on any atom is 0.335 e. The molecule has 0 aliphatic heterocycles. The maximum absolute atomic E-state index is 12.5. The molecule has 138 valence electrons. The van der Waals surface area contributed by atoms with E-state index >= 15 is 0 Å². The molecule has 2 rings (SSSR count). The van der Waals surface area contributed by atoms with Crippen LogP contribution in [0.25, 0.3) is 0 Å². The van der Waals surface area contributed by atoms with Crippen molar-refractivity contribution >= 4 is 11.9 Å². The number of hydrogen-bond donors (Lipinski definition) is 1. The summed E-state index contributed by atoms with van der Waals surface area (Å²) in [5.41, 5.74) is 1.09. The fraction of sp³-hybridized carbons (Fsp3) is 0.600. The summed E-state index contributed by atoms with van der Waals surface area (Å²) >= 11 is 0. The number of hydrogen-bond acceptors (Lipinski definition) is 4. The van der Waals surface area contributed by atoms with Gasteiger partial charge < -0.3 is 14.6 Å². The number of carboxylic acids is 1. The molecule has 5 heteroatoms. The molecule has 0 bridgehead atoms. The van der Waals surface area contributed by atoms with E-state index in [9.17, 15) is 9.59 Å². The quantitative estimate of drug-likeness (QED) is 0.817. The van der Waals surface area contributed by atoms with Crippen molar-refractivity contribution in [2.45, 2.75) is 52.7 Å². The van der Waals surface area contributed by atoms with E-state index in [0.29, 0.717) is 5.92 Å². The lowest BCUT2D eigenvalue weighted by molar-refractivity contribution is -0.154. The second-order valence-corrected chi connectivity index (χ2v) is 7.87. The molecule has 1 saturated carbocycles. The van der Waals surface area contributed by atoms with Gasteiger partial charge in [-0.1, -0.05) is 32.9 Å². The Labute approximate surface area is 149 Å². The Kier molecular flexibility index (Phi) is 6.22. The number of aromatic carboxylic acids is 1. The molecule has 1 N–H and O–H groups in total. The maximum atomic E-state index is 12.5. The highest BCUT2D eigenvalue weighted by molar-refractivity contribution is 5.87. The van der Waals surface area contributed by atoms with Crippen molar-refractivity contribution in [2.75, 3.05) is 7.11 Å². The summed E-state index contributed by atoms with van der Waals surface area (Å²) in [7, 11) is 1.74. The Morgan fingerprint density at radius 1 is 1.16 bits per heavy atom. The number of methoxy groups -OCH3 is 1. The first-order chi connectivity index (χ1) is 11.7. The van der Waals surface area contributed by atoms with Crippen molar-refractivity contribution in [3.63, 3.8) is 0 Å². The molecule has 0 radical (unpaired) electrons. The molecule has 1 aromatic rings. The summed E-state index contributed by atoms with van der Waals surface area (Å²) < 4.78 is 11.1. The first-order valence-corrected chi connectivity index (χ1v) is 8.74. The SMILES string of the molecule is COC1CCC(C(=O)OCc2ccc(C(=O)O)cc2)CC1C(C)(C)C. The molecule has 1 fully saturated rings. The van der Waals surface area contributed by atoms with Gasteiger partial charge in [0.15, 0.2) is 0 Å². The lowest BCUT2D eigenvalue weighted by Gasteiger charge is -2.41. The van der Waals surface area contributed by atoms with E-state index in [-0.39, 0.29) is 35.6 Å². The molecule has 0 amide bonds. The topological polar surface area (TPSA) is 72.8 Å². The minimum atomic E-state index is -0.966. The summed E-state index contributed by atoms with van der Waals surface area (Å²) in [6.07, 6.45) is 2.61. The van der Waals surface area contributed by atoms with Gasteiger partial charge >= 0.3 is 11.9 Å². The first-order valence-electron chi connectivity index (χ1n) is 8.74. The molecule has 25 heavy (non-hydrogen) atoms. The fourth-order valence-corrected chi connectivity index (χ4v) is 3.57. The molecule has 3 unspecified atom stereocenters. The second-order valence-electron chi connectivity index (χ2n) is 7.87. The van der Waals surface area contributed by atoms with Gasteiger partial charge in [0.2, 0.25) is 0 Å². The number of carboxylic acid groups (broad SMARTS) is 1. The number of ether oxygens (including phenoxy) is 2. The number of benzene rings is 1. The highest BCUT2D eigenvalue weighted by Crippen LogP contribution is 2.42. The standard InChI is InChI=1S/C20H28O5/c1-20(2,3)16-11-15(9-10-17(16)24-4)19(23)25-12-13-5-7-14(8-6-13)18(21)22/h5-8,15-17H,9-12H2,1-4H3,(H,21,22). The van der Waals surface area contributed by atoms with Crippen LogP contribution in [0, 0.1) is 17.3 Å². The number of carbonyl (C=O) groups excluding carboxylic acids is 1. The average molecular weight is 348 g/mol. The van der Waals surface area contributed by atoms with E-state index in [4.69, 9.17) is 14.6 Å². The van der Waals surface area contributed by atoms with E-state index in [2.05, 4.69) is 20.8 Å². The van der Waals surface area contributed by atoms with Crippen LogP contribution >= 0.6 is 0 Å². The lowest BCUT2D eigenvalue weighted by atomic mass is 9.67. The van der Waals surface area contributed by atoms with Crippen LogP contribution in [0.15, 0.2) is 24.3 Å². The minimum absolute atomic E-state index is 0.0757. The van der Waals surface area contributed by atoms with Crippen molar-refractivity contribution in [2.24, 2.45) is 17.3 Å². The van der Waals surface area contributed by atoms with Crippen molar-refractivity contribution in [1.29, 1.82) is 0 Å². The third-order valence-corrected chi connectivity index (χ3v) is 5.12. The molecule has 0 spiro atoms. The number of carbonyl (C=O) groups is 2. The first kappa shape index (κ1) is 19.4. The highest BCUT2D eigenvalue weighted by atomic mass is 16.5. The minimum Gasteiger partial charge on any atom is -0.478 e. The van der Waals surface area contributed by atoms with Crippen LogP contribution in [0.1, 0.15) is 56.0 Å². The summed E-state index contributed by atoms with van der Waals surface area (Å²) in [5.74, 6) is -0.926. The van der Waals surface area contributed by atoms with Gasteiger partial charge in [0.05, 0.1) is 17.6 Å². The molecule has 1 aromatic carbocycles. The van der Waals surface area contributed by atoms with Gasteiger partial charge in [-0.2, -0.15) is 0 Å². The van der Waals surface area contributed by atoms with Crippen molar-refractivity contribution < 1.29 is 24.2 Å². The zero-order chi connectivity index (χ0) is 18.6. The van der Waals surface area contributed by atoms with Crippen LogP contribution in [0.5, 0.6) is 0 Å². The Hall–Kier alpha value is -1.88. The van der Waals surface area contributed by atoms with Gasteiger partial charge in [0.1, 0.15) is 6.61 Å². The van der Waals surface area contributed by atoms with E-state index < -0.39 is 5.97 Å². The Morgan fingerprint density at radius 3 is 2.32 bits per heavy atom. The van der Waals surface area contributed by atoms with Gasteiger partial charge in [0, 0.05) is 7.11 Å². The molecule has 3 atom stereocenters. The number of rotatable bonds is 5. The smallest absolute Gasteiger partial charge is 0.335 e. The molecular weight excluding hydrogens is 320 g/mol. The van der Waals surface area contributed by atoms with Gasteiger partial charge in [-0.25, -0.2) is 4.79 Å². The normalized spacial score (nSPS) is 23.9. The Bertz CT molecular complexity index is 600. The molecule has 1 aliphatic rings. The van der Waals surface area contributed by atoms with Crippen molar-refractivity contribution in [3.8, 4) is 0 Å². The van der Waals surface area contributed by atoms with Crippen LogP contribution in [0.2, 0.25) is 0 Å². The molecular formula is C20H28O5. The van der Waals surface area contributed by atoms with Gasteiger partial charge in [0.25, 0.3) is 0 Å². The summed E-state index contributed by atoms with van der Waals surface area (Å²) in [5, 5.41) is 8.90. The Balaban J connectivity index is 1.93. The van der Waals surface area contributed by atoms with Crippen LogP contribution in [0.4, 0.5) is 0 Å². The molecule has 0 aromatic heterocycles. The zero-order valence-electron chi connectivity index (χ0n) is 15.5. The highest BCUT2D eigenvalue weighted by Gasteiger charge is 2.40. The zero-order valence-corrected chi connectivity index (χ0v) is 15.5. The van der Waals surface area contributed by atoms with E-state index in [1.54, 1.807) is 19.2 Å². The van der Waals surface area contributed by atoms with Gasteiger partial charge in [-0.05, 0) is 48.3 Å². The van der Waals surface area contributed by atoms with Crippen LogP contribution in [-0.2, 0) is 20.9 Å². The molecule has 0 heterocycles. The Morgan fingerprint density at radius 2 is 1.80 bits per heavy atom. The third kappa shape index (κ3) is 5.05. The average Bonchev–Trinajstić information content (AvgIpc) is 2.58. The largest absolute Gasteiger partial charge is 0.478 e. The molecule has 1 aliphatic carbocycles. The van der Waals surface area contributed by atoms with Crippen LogP contribution in [0.3, 0.4) is 0 Å². The predicted molar refractivity (Wildman–Crippen MR) is 94.3 cm³/mol. The van der Waals surface area contributed by atoms with Gasteiger partial charge in [-0.15, -0.1) is 0 Å². The van der Waals surface area contributed by atoms with Crippen LogP contribution < -0.4 is 0 Å². The third-order valence-electron chi connectivity index (χ3n) is 5.12. The summed E-state index contributed by atoms with van der Waals surface area (Å²) in [6, 6.07) is 6.39. The molecule has 5 nitrogen and oxygen atoms in total. The monoisotopic (exact) mass is 348 g/mol. The van der Waals surface area contributed by atoms with E-state index in [1.807, 2.05) is 0 Å². The molecule has 0 saturated heterocycles. The van der Waals surface area contributed by atoms with Crippen molar-refractivity contribution in [1.82, 2.24) is 0 Å². The van der Waals surface area contributed by atoms with Gasteiger partial charge in [-0.3, -0.25) is 4.79 Å². The predicted octanol–water partition coefficient (Wildman–Crippen LogP) is 3.91. The lowest BCUT2D eigenvalue weighted by Crippen LogP contribution is -2.41.